The number of nitrogens with one attached hydrogen (secondary N) is 1. The van der Waals surface area contributed by atoms with Crippen LogP contribution in [0.1, 0.15) is 56.1 Å². The molecule has 2 rings (SSSR count). The van der Waals surface area contributed by atoms with Crippen LogP contribution in [0.3, 0.4) is 0 Å². The van der Waals surface area contributed by atoms with Crippen LogP contribution in [0.4, 0.5) is 0 Å². The summed E-state index contributed by atoms with van der Waals surface area (Å²) in [6.45, 7) is 8.61. The molecule has 0 aliphatic heterocycles. The second-order valence-electron chi connectivity index (χ2n) is 5.30. The Kier molecular flexibility index (Phi) is 4.22. The second kappa shape index (κ2) is 5.90. The molecule has 0 unspecified atom stereocenters. The van der Waals surface area contributed by atoms with Gasteiger partial charge < -0.3 is 9.88 Å². The zero-order valence-corrected chi connectivity index (χ0v) is 12.4. The Labute approximate surface area is 118 Å². The fourth-order valence-corrected chi connectivity index (χ4v) is 1.95. The first-order chi connectivity index (χ1) is 9.49. The fourth-order valence-electron chi connectivity index (χ4n) is 1.95. The quantitative estimate of drug-likeness (QED) is 0.909. The van der Waals surface area contributed by atoms with E-state index in [1.165, 1.54) is 0 Å². The van der Waals surface area contributed by atoms with Crippen LogP contribution in [0.2, 0.25) is 0 Å². The number of amides is 1. The van der Waals surface area contributed by atoms with E-state index in [0.29, 0.717) is 18.3 Å². The van der Waals surface area contributed by atoms with E-state index in [2.05, 4.69) is 29.2 Å². The van der Waals surface area contributed by atoms with Crippen molar-refractivity contribution < 1.29 is 4.79 Å². The molecule has 1 N–H and O–H groups in total. The fraction of sp³-hybridized carbons (Fsp3) is 0.500. The topological polar surface area (TPSA) is 64.7 Å². The Balaban J connectivity index is 1.99. The van der Waals surface area contributed by atoms with E-state index in [-0.39, 0.29) is 11.9 Å². The molecule has 6 heteroatoms. The van der Waals surface area contributed by atoms with Crippen molar-refractivity contribution in [1.29, 1.82) is 0 Å². The Hall–Kier alpha value is -2.11. The third-order valence-electron chi connectivity index (χ3n) is 3.08. The summed E-state index contributed by atoms with van der Waals surface area (Å²) in [6, 6.07) is 2.30. The lowest BCUT2D eigenvalue weighted by Gasteiger charge is -2.11. The van der Waals surface area contributed by atoms with Crippen molar-refractivity contribution in [2.45, 2.75) is 46.3 Å². The van der Waals surface area contributed by atoms with Crippen molar-refractivity contribution in [2.24, 2.45) is 0 Å². The summed E-state index contributed by atoms with van der Waals surface area (Å²) < 4.78 is 3.80. The Bertz CT molecular complexity index is 582. The van der Waals surface area contributed by atoms with Crippen LogP contribution in [-0.4, -0.2) is 25.2 Å². The number of carbonyl (C=O) groups is 1. The summed E-state index contributed by atoms with van der Waals surface area (Å²) >= 11 is 0. The van der Waals surface area contributed by atoms with E-state index in [0.717, 1.165) is 5.82 Å². The maximum absolute atomic E-state index is 12.0. The summed E-state index contributed by atoms with van der Waals surface area (Å²) in [5.41, 5.74) is 0.432. The average molecular weight is 275 g/mol. The van der Waals surface area contributed by atoms with Crippen LogP contribution in [0.15, 0.2) is 24.7 Å². The van der Waals surface area contributed by atoms with Crippen molar-refractivity contribution in [3.05, 3.63) is 36.2 Å². The van der Waals surface area contributed by atoms with E-state index in [9.17, 15) is 4.79 Å². The van der Waals surface area contributed by atoms with Gasteiger partial charge in [0.1, 0.15) is 11.5 Å². The Morgan fingerprint density at radius 1 is 1.25 bits per heavy atom. The van der Waals surface area contributed by atoms with Crippen LogP contribution < -0.4 is 5.32 Å². The van der Waals surface area contributed by atoms with E-state index in [1.807, 2.05) is 30.8 Å². The molecule has 0 fully saturated rings. The lowest BCUT2D eigenvalue weighted by Crippen LogP contribution is -2.25. The number of hydrogen-bond donors (Lipinski definition) is 1. The zero-order chi connectivity index (χ0) is 14.7. The molecule has 2 heterocycles. The van der Waals surface area contributed by atoms with E-state index >= 15 is 0 Å². The van der Waals surface area contributed by atoms with Gasteiger partial charge in [-0.3, -0.25) is 9.48 Å². The van der Waals surface area contributed by atoms with Crippen molar-refractivity contribution >= 4 is 5.91 Å². The molecule has 20 heavy (non-hydrogen) atoms. The molecule has 2 aromatic rings. The summed E-state index contributed by atoms with van der Waals surface area (Å²) in [4.78, 5) is 16.3. The van der Waals surface area contributed by atoms with Crippen LogP contribution in [-0.2, 0) is 6.54 Å². The second-order valence-corrected chi connectivity index (χ2v) is 5.30. The van der Waals surface area contributed by atoms with E-state index in [1.54, 1.807) is 16.9 Å². The summed E-state index contributed by atoms with van der Waals surface area (Å²) in [7, 11) is 0. The number of carbonyl (C=O) groups excluding carboxylic acids is 1. The van der Waals surface area contributed by atoms with E-state index in [4.69, 9.17) is 0 Å². The van der Waals surface area contributed by atoms with Crippen molar-refractivity contribution in [2.75, 3.05) is 0 Å². The van der Waals surface area contributed by atoms with Gasteiger partial charge in [0.15, 0.2) is 0 Å². The molecule has 6 nitrogen and oxygen atoms in total. The van der Waals surface area contributed by atoms with Gasteiger partial charge in [-0.1, -0.05) is 0 Å². The minimum absolute atomic E-state index is 0.178. The lowest BCUT2D eigenvalue weighted by atomic mass is 10.3. The van der Waals surface area contributed by atoms with Gasteiger partial charge in [0.25, 0.3) is 5.91 Å². The smallest absolute Gasteiger partial charge is 0.272 e. The summed E-state index contributed by atoms with van der Waals surface area (Å²) in [5, 5.41) is 7.10. The molecule has 0 radical (unpaired) electrons. The predicted molar refractivity (Wildman–Crippen MR) is 76.4 cm³/mol. The zero-order valence-electron chi connectivity index (χ0n) is 12.4. The highest BCUT2D eigenvalue weighted by Gasteiger charge is 2.12. The molecule has 0 saturated heterocycles. The minimum Gasteiger partial charge on any atom is -0.343 e. The minimum atomic E-state index is -0.178. The van der Waals surface area contributed by atoms with E-state index < -0.39 is 0 Å². The number of rotatable bonds is 5. The predicted octanol–water partition coefficient (Wildman–Crippen LogP) is 2.17. The summed E-state index contributed by atoms with van der Waals surface area (Å²) in [5.74, 6) is 0.666. The molecule has 0 aliphatic rings. The third kappa shape index (κ3) is 3.07. The SMILES string of the molecule is CC(C)n1ccc(C(=O)NCc2nccn2C(C)C)n1. The van der Waals surface area contributed by atoms with Gasteiger partial charge in [0.05, 0.1) is 6.54 Å². The lowest BCUT2D eigenvalue weighted by molar-refractivity contribution is 0.0943. The number of imidazole rings is 1. The van der Waals surface area contributed by atoms with Crippen molar-refractivity contribution in [3.8, 4) is 0 Å². The molecule has 0 spiro atoms. The Morgan fingerprint density at radius 3 is 2.60 bits per heavy atom. The normalized spacial score (nSPS) is 11.3. The maximum Gasteiger partial charge on any atom is 0.272 e. The van der Waals surface area contributed by atoms with Crippen LogP contribution in [0.5, 0.6) is 0 Å². The van der Waals surface area contributed by atoms with Crippen molar-refractivity contribution in [1.82, 2.24) is 24.6 Å². The Morgan fingerprint density at radius 2 is 2.00 bits per heavy atom. The van der Waals surface area contributed by atoms with Crippen LogP contribution in [0.25, 0.3) is 0 Å². The standard InChI is InChI=1S/C14H21N5O/c1-10(2)18-8-6-15-13(18)9-16-14(20)12-5-7-19(17-12)11(3)4/h5-8,10-11H,9H2,1-4H3,(H,16,20). The van der Waals surface area contributed by atoms with Crippen molar-refractivity contribution in [3.63, 3.8) is 0 Å². The van der Waals surface area contributed by atoms with Crippen LogP contribution in [0, 0.1) is 0 Å². The van der Waals surface area contributed by atoms with Gasteiger partial charge in [-0.15, -0.1) is 0 Å². The molecular weight excluding hydrogens is 254 g/mol. The molecule has 108 valence electrons. The average Bonchev–Trinajstić information content (AvgIpc) is 3.04. The first-order valence-corrected chi connectivity index (χ1v) is 6.84. The van der Waals surface area contributed by atoms with Gasteiger partial charge in [0.2, 0.25) is 0 Å². The third-order valence-corrected chi connectivity index (χ3v) is 3.08. The molecule has 0 aromatic carbocycles. The molecule has 1 amide bonds. The molecule has 0 bridgehead atoms. The van der Waals surface area contributed by atoms with Gasteiger partial charge in [0, 0.05) is 30.7 Å². The highest BCUT2D eigenvalue weighted by Crippen LogP contribution is 2.08. The first-order valence-electron chi connectivity index (χ1n) is 6.84. The highest BCUT2D eigenvalue weighted by atomic mass is 16.1. The molecular formula is C14H21N5O. The highest BCUT2D eigenvalue weighted by molar-refractivity contribution is 5.92. The first kappa shape index (κ1) is 14.3. The monoisotopic (exact) mass is 275 g/mol. The molecule has 0 saturated carbocycles. The molecule has 0 aliphatic carbocycles. The molecule has 2 aromatic heterocycles. The van der Waals surface area contributed by atoms with Gasteiger partial charge in [-0.2, -0.15) is 5.10 Å². The maximum atomic E-state index is 12.0. The van der Waals surface area contributed by atoms with Gasteiger partial charge in [-0.25, -0.2) is 4.98 Å². The number of hydrogen-bond acceptors (Lipinski definition) is 3. The van der Waals surface area contributed by atoms with Gasteiger partial charge in [-0.05, 0) is 33.8 Å². The van der Waals surface area contributed by atoms with Gasteiger partial charge >= 0.3 is 0 Å². The number of aromatic nitrogens is 4. The summed E-state index contributed by atoms with van der Waals surface area (Å²) in [6.07, 6.45) is 5.48. The molecule has 0 atom stereocenters. The van der Waals surface area contributed by atoms with Crippen LogP contribution >= 0.6 is 0 Å². The number of nitrogens with zero attached hydrogens (tertiary/aromatic N) is 4. The largest absolute Gasteiger partial charge is 0.343 e.